The molecule has 0 atom stereocenters. The number of hydrogen-bond donors (Lipinski definition) is 0. The molecule has 3 nitrogen and oxygen atoms in total. The van der Waals surface area contributed by atoms with E-state index >= 15 is 0 Å². The minimum atomic E-state index is 0.785. The number of hydrogen-bond acceptors (Lipinski definition) is 2. The van der Waals surface area contributed by atoms with Gasteiger partial charge >= 0.3 is 0 Å². The van der Waals surface area contributed by atoms with Gasteiger partial charge in [0.15, 0.2) is 0 Å². The molecular formula is C13H16BrN3. The molecule has 0 saturated heterocycles. The average molecular weight is 294 g/mol. The highest BCUT2D eigenvalue weighted by Crippen LogP contribution is 2.27. The molecule has 3 rings (SSSR count). The van der Waals surface area contributed by atoms with E-state index in [-0.39, 0.29) is 0 Å². The second kappa shape index (κ2) is 4.77. The second-order valence-corrected chi connectivity index (χ2v) is 5.74. The first-order chi connectivity index (χ1) is 8.34. The van der Waals surface area contributed by atoms with Gasteiger partial charge in [0, 0.05) is 11.0 Å². The Kier molecular flexibility index (Phi) is 3.14. The Bertz CT molecular complexity index is 514. The van der Waals surface area contributed by atoms with Crippen molar-refractivity contribution in [3.8, 4) is 0 Å². The molecule has 0 unspecified atom stereocenters. The normalized spacial score (nSPS) is 17.7. The molecule has 1 heterocycles. The first-order valence-electron chi connectivity index (χ1n) is 6.32. The van der Waals surface area contributed by atoms with Crippen molar-refractivity contribution in [1.29, 1.82) is 0 Å². The van der Waals surface area contributed by atoms with E-state index in [1.807, 2.05) is 12.1 Å². The Labute approximate surface area is 109 Å². The number of rotatable bonds is 2. The van der Waals surface area contributed by atoms with Crippen molar-refractivity contribution in [2.24, 2.45) is 5.92 Å². The summed E-state index contributed by atoms with van der Waals surface area (Å²) in [5.41, 5.74) is 2.12. The van der Waals surface area contributed by atoms with Crippen LogP contribution in [-0.2, 0) is 6.54 Å². The van der Waals surface area contributed by atoms with Gasteiger partial charge in [0.2, 0.25) is 0 Å². The lowest BCUT2D eigenvalue weighted by molar-refractivity contribution is 0.309. The van der Waals surface area contributed by atoms with Crippen LogP contribution in [0.3, 0.4) is 0 Å². The molecule has 0 amide bonds. The molecule has 17 heavy (non-hydrogen) atoms. The number of benzene rings is 1. The van der Waals surface area contributed by atoms with Crippen LogP contribution in [0.2, 0.25) is 0 Å². The summed E-state index contributed by atoms with van der Waals surface area (Å²) in [7, 11) is 0. The molecule has 0 bridgehead atoms. The average Bonchev–Trinajstić information content (AvgIpc) is 2.76. The predicted octanol–water partition coefficient (Wildman–Crippen LogP) is 3.77. The van der Waals surface area contributed by atoms with E-state index in [0.717, 1.165) is 28.0 Å². The Morgan fingerprint density at radius 2 is 2.06 bits per heavy atom. The zero-order chi connectivity index (χ0) is 11.7. The maximum Gasteiger partial charge on any atom is 0.127 e. The van der Waals surface area contributed by atoms with Crippen LogP contribution in [0, 0.1) is 5.92 Å². The molecule has 1 aromatic heterocycles. The molecule has 1 saturated carbocycles. The largest absolute Gasteiger partial charge is 0.244 e. The Morgan fingerprint density at radius 3 is 2.88 bits per heavy atom. The topological polar surface area (TPSA) is 30.7 Å². The zero-order valence-corrected chi connectivity index (χ0v) is 11.4. The van der Waals surface area contributed by atoms with Gasteiger partial charge in [-0.1, -0.05) is 30.5 Å². The SMILES string of the molecule is Brc1cccc2c1nnn2CC1CCCCC1. The Balaban J connectivity index is 1.87. The lowest BCUT2D eigenvalue weighted by atomic mass is 9.89. The van der Waals surface area contributed by atoms with E-state index in [0.29, 0.717) is 0 Å². The summed E-state index contributed by atoms with van der Waals surface area (Å²) in [6.07, 6.45) is 6.84. The minimum Gasteiger partial charge on any atom is -0.244 e. The molecule has 0 radical (unpaired) electrons. The molecule has 4 heteroatoms. The summed E-state index contributed by atoms with van der Waals surface area (Å²) >= 11 is 3.52. The van der Waals surface area contributed by atoms with Crippen molar-refractivity contribution >= 4 is 27.0 Å². The monoisotopic (exact) mass is 293 g/mol. The molecular weight excluding hydrogens is 278 g/mol. The summed E-state index contributed by atoms with van der Waals surface area (Å²) < 4.78 is 3.10. The number of fused-ring (bicyclic) bond motifs is 1. The molecule has 0 N–H and O–H groups in total. The molecule has 1 aromatic carbocycles. The molecule has 0 aliphatic heterocycles. The fourth-order valence-corrected chi connectivity index (χ4v) is 3.14. The lowest BCUT2D eigenvalue weighted by Gasteiger charge is -2.21. The number of halogens is 1. The van der Waals surface area contributed by atoms with Gasteiger partial charge in [0.25, 0.3) is 0 Å². The van der Waals surface area contributed by atoms with E-state index in [1.165, 1.54) is 32.1 Å². The lowest BCUT2D eigenvalue weighted by Crippen LogP contribution is -2.15. The van der Waals surface area contributed by atoms with Gasteiger partial charge in [-0.25, -0.2) is 4.68 Å². The van der Waals surface area contributed by atoms with Gasteiger partial charge in [-0.05, 0) is 46.8 Å². The standard InChI is InChI=1S/C13H16BrN3/c14-11-7-4-8-12-13(11)15-16-17(12)9-10-5-2-1-3-6-10/h4,7-8,10H,1-3,5-6,9H2. The number of aromatic nitrogens is 3. The van der Waals surface area contributed by atoms with Crippen LogP contribution in [0.5, 0.6) is 0 Å². The third kappa shape index (κ3) is 2.23. The Hall–Kier alpha value is -0.900. The molecule has 2 aromatic rings. The van der Waals surface area contributed by atoms with Crippen LogP contribution in [0.4, 0.5) is 0 Å². The smallest absolute Gasteiger partial charge is 0.127 e. The van der Waals surface area contributed by atoms with Crippen molar-refractivity contribution < 1.29 is 0 Å². The highest BCUT2D eigenvalue weighted by atomic mass is 79.9. The van der Waals surface area contributed by atoms with Crippen LogP contribution in [0.15, 0.2) is 22.7 Å². The predicted molar refractivity (Wildman–Crippen MR) is 71.8 cm³/mol. The summed E-state index contributed by atoms with van der Waals surface area (Å²) in [5, 5.41) is 8.54. The van der Waals surface area contributed by atoms with Crippen molar-refractivity contribution in [1.82, 2.24) is 15.0 Å². The van der Waals surface area contributed by atoms with Gasteiger partial charge in [0.1, 0.15) is 5.52 Å². The fraction of sp³-hybridized carbons (Fsp3) is 0.538. The van der Waals surface area contributed by atoms with Crippen molar-refractivity contribution in [3.05, 3.63) is 22.7 Å². The van der Waals surface area contributed by atoms with Crippen LogP contribution >= 0.6 is 15.9 Å². The minimum absolute atomic E-state index is 0.785. The summed E-state index contributed by atoms with van der Waals surface area (Å²) in [6, 6.07) is 6.16. The van der Waals surface area contributed by atoms with Crippen molar-refractivity contribution in [3.63, 3.8) is 0 Å². The Morgan fingerprint density at radius 1 is 1.24 bits per heavy atom. The van der Waals surface area contributed by atoms with E-state index in [2.05, 4.69) is 37.0 Å². The highest BCUT2D eigenvalue weighted by molar-refractivity contribution is 9.10. The van der Waals surface area contributed by atoms with Gasteiger partial charge in [-0.15, -0.1) is 5.10 Å². The third-order valence-electron chi connectivity index (χ3n) is 3.65. The summed E-state index contributed by atoms with van der Waals surface area (Å²) in [4.78, 5) is 0. The van der Waals surface area contributed by atoms with E-state index in [4.69, 9.17) is 0 Å². The van der Waals surface area contributed by atoms with E-state index in [1.54, 1.807) is 0 Å². The van der Waals surface area contributed by atoms with Crippen molar-refractivity contribution in [2.45, 2.75) is 38.6 Å². The quantitative estimate of drug-likeness (QED) is 0.844. The van der Waals surface area contributed by atoms with Crippen LogP contribution in [-0.4, -0.2) is 15.0 Å². The number of nitrogens with zero attached hydrogens (tertiary/aromatic N) is 3. The first-order valence-corrected chi connectivity index (χ1v) is 7.11. The first kappa shape index (κ1) is 11.2. The summed E-state index contributed by atoms with van der Waals surface area (Å²) in [6.45, 7) is 1.02. The third-order valence-corrected chi connectivity index (χ3v) is 4.29. The van der Waals surface area contributed by atoms with Gasteiger partial charge < -0.3 is 0 Å². The second-order valence-electron chi connectivity index (χ2n) is 4.88. The molecule has 1 aliphatic carbocycles. The fourth-order valence-electron chi connectivity index (χ4n) is 2.71. The maximum absolute atomic E-state index is 4.29. The van der Waals surface area contributed by atoms with Crippen molar-refractivity contribution in [2.75, 3.05) is 0 Å². The van der Waals surface area contributed by atoms with Gasteiger partial charge in [-0.2, -0.15) is 0 Å². The molecule has 1 aliphatic rings. The van der Waals surface area contributed by atoms with Gasteiger partial charge in [0.05, 0.1) is 5.52 Å². The van der Waals surface area contributed by atoms with E-state index in [9.17, 15) is 0 Å². The zero-order valence-electron chi connectivity index (χ0n) is 9.77. The highest BCUT2D eigenvalue weighted by Gasteiger charge is 2.16. The maximum atomic E-state index is 4.29. The molecule has 90 valence electrons. The molecule has 0 spiro atoms. The molecule has 1 fully saturated rings. The summed E-state index contributed by atoms with van der Waals surface area (Å²) in [5.74, 6) is 0.785. The van der Waals surface area contributed by atoms with Crippen LogP contribution in [0.1, 0.15) is 32.1 Å². The van der Waals surface area contributed by atoms with E-state index < -0.39 is 0 Å². The van der Waals surface area contributed by atoms with Crippen LogP contribution in [0.25, 0.3) is 11.0 Å². The van der Waals surface area contributed by atoms with Crippen LogP contribution < -0.4 is 0 Å². The van der Waals surface area contributed by atoms with Gasteiger partial charge in [-0.3, -0.25) is 0 Å².